The molecule has 0 aromatic heterocycles. The fourth-order valence-corrected chi connectivity index (χ4v) is 1.31. The first kappa shape index (κ1) is 12.8. The maximum Gasteiger partial charge on any atom is 0.274 e. The molecule has 0 aliphatic rings. The monoisotopic (exact) mass is 244 g/mol. The number of carbonyl (C=O) groups excluding carboxylic acids is 1. The number of halogens is 2. The van der Waals surface area contributed by atoms with Crippen molar-refractivity contribution in [3.05, 3.63) is 23.8 Å². The Hall–Kier alpha value is -1.29. The Bertz CT molecular complexity index is 394. The Morgan fingerprint density at radius 1 is 1.50 bits per heavy atom. The van der Waals surface area contributed by atoms with Gasteiger partial charge in [0.25, 0.3) is 11.5 Å². The number of amides is 1. The molecule has 1 aromatic rings. The Morgan fingerprint density at radius 2 is 2.12 bits per heavy atom. The van der Waals surface area contributed by atoms with Crippen LogP contribution in [-0.4, -0.2) is 25.6 Å². The molecule has 0 bridgehead atoms. The molecular weight excluding hydrogens is 231 g/mol. The van der Waals surface area contributed by atoms with E-state index in [0.29, 0.717) is 5.69 Å². The largest absolute Gasteiger partial charge is 0.378 e. The van der Waals surface area contributed by atoms with Crippen LogP contribution in [0, 0.1) is 6.92 Å². The van der Waals surface area contributed by atoms with Gasteiger partial charge in [0.2, 0.25) is 0 Å². The predicted molar refractivity (Wildman–Crippen MR) is 64.9 cm³/mol. The zero-order chi connectivity index (χ0) is 12.3. The molecule has 1 unspecified atom stereocenters. The number of hydrogen-bond acceptors (Lipinski definition) is 2. The van der Waals surface area contributed by atoms with Crippen LogP contribution in [0.4, 0.5) is 15.8 Å². The Balaban J connectivity index is 2.87. The van der Waals surface area contributed by atoms with Crippen LogP contribution in [0.25, 0.3) is 0 Å². The van der Waals surface area contributed by atoms with E-state index in [1.54, 1.807) is 6.07 Å². The molecule has 0 radical (unpaired) electrons. The van der Waals surface area contributed by atoms with Gasteiger partial charge in [-0.2, -0.15) is 0 Å². The molecule has 1 aromatic carbocycles. The summed E-state index contributed by atoms with van der Waals surface area (Å²) in [6.07, 6.45) is 0. The fourth-order valence-electron chi connectivity index (χ4n) is 1.25. The highest BCUT2D eigenvalue weighted by atomic mass is 35.5. The third kappa shape index (κ3) is 3.10. The minimum Gasteiger partial charge on any atom is -0.378 e. The number of rotatable bonds is 3. The van der Waals surface area contributed by atoms with Crippen molar-refractivity contribution in [3.8, 4) is 0 Å². The second-order valence-electron chi connectivity index (χ2n) is 3.68. The molecule has 88 valence electrons. The van der Waals surface area contributed by atoms with Crippen molar-refractivity contribution in [1.82, 2.24) is 0 Å². The van der Waals surface area contributed by atoms with Crippen molar-refractivity contribution in [2.24, 2.45) is 0 Å². The number of aryl methyl sites for hydroxylation is 1. The standard InChI is InChI=1S/C11H14ClFN2O/c1-7-6-8(15(2)3)4-5-9(7)14-11(16)10(12)13/h4-6,10H,1-3H3,(H,14,16). The van der Waals surface area contributed by atoms with E-state index in [2.05, 4.69) is 5.32 Å². The van der Waals surface area contributed by atoms with Crippen molar-refractivity contribution in [2.45, 2.75) is 12.6 Å². The van der Waals surface area contributed by atoms with E-state index in [0.717, 1.165) is 11.3 Å². The summed E-state index contributed by atoms with van der Waals surface area (Å²) < 4.78 is 12.5. The Kier molecular flexibility index (Phi) is 4.12. The summed E-state index contributed by atoms with van der Waals surface area (Å²) in [4.78, 5) is 13.0. The van der Waals surface area contributed by atoms with Gasteiger partial charge in [-0.1, -0.05) is 11.6 Å². The second kappa shape index (κ2) is 5.16. The summed E-state index contributed by atoms with van der Waals surface area (Å²) in [6, 6.07) is 5.46. The van der Waals surface area contributed by atoms with Crippen molar-refractivity contribution < 1.29 is 9.18 Å². The predicted octanol–water partition coefficient (Wildman–Crippen LogP) is 2.53. The highest BCUT2D eigenvalue weighted by Crippen LogP contribution is 2.21. The van der Waals surface area contributed by atoms with Crippen LogP contribution in [0.2, 0.25) is 0 Å². The van der Waals surface area contributed by atoms with Gasteiger partial charge in [-0.15, -0.1) is 0 Å². The first-order valence-corrected chi connectivity index (χ1v) is 5.22. The summed E-state index contributed by atoms with van der Waals surface area (Å²) in [5.74, 6) is -0.845. The molecule has 0 aliphatic heterocycles. The zero-order valence-electron chi connectivity index (χ0n) is 9.42. The van der Waals surface area contributed by atoms with E-state index in [-0.39, 0.29) is 0 Å². The molecule has 3 nitrogen and oxygen atoms in total. The SMILES string of the molecule is Cc1cc(N(C)C)ccc1NC(=O)C(F)Cl. The van der Waals surface area contributed by atoms with Crippen molar-refractivity contribution in [2.75, 3.05) is 24.3 Å². The minimum atomic E-state index is -2.02. The molecule has 0 aliphatic carbocycles. The number of nitrogens with one attached hydrogen (secondary N) is 1. The van der Waals surface area contributed by atoms with E-state index in [9.17, 15) is 9.18 Å². The molecule has 0 saturated heterocycles. The summed E-state index contributed by atoms with van der Waals surface area (Å²) in [7, 11) is 3.84. The smallest absolute Gasteiger partial charge is 0.274 e. The van der Waals surface area contributed by atoms with E-state index >= 15 is 0 Å². The van der Waals surface area contributed by atoms with Crippen LogP contribution in [0.3, 0.4) is 0 Å². The molecule has 5 heteroatoms. The molecule has 0 spiro atoms. The van der Waals surface area contributed by atoms with Gasteiger partial charge in [0.1, 0.15) is 0 Å². The highest BCUT2D eigenvalue weighted by molar-refractivity contribution is 6.31. The molecule has 16 heavy (non-hydrogen) atoms. The maximum absolute atomic E-state index is 12.5. The summed E-state index contributed by atoms with van der Waals surface area (Å²) in [5.41, 5.74) is 0.418. The van der Waals surface area contributed by atoms with Gasteiger partial charge < -0.3 is 10.2 Å². The van der Waals surface area contributed by atoms with Gasteiger partial charge in [-0.05, 0) is 30.7 Å². The first-order chi connectivity index (χ1) is 7.41. The number of nitrogens with zero attached hydrogens (tertiary/aromatic N) is 1. The number of benzene rings is 1. The summed E-state index contributed by atoms with van der Waals surface area (Å²) in [5, 5.41) is 2.41. The summed E-state index contributed by atoms with van der Waals surface area (Å²) >= 11 is 5.03. The zero-order valence-corrected chi connectivity index (χ0v) is 10.2. The minimum absolute atomic E-state index is 0.568. The number of carbonyl (C=O) groups is 1. The van der Waals surface area contributed by atoms with Gasteiger partial charge in [-0.25, -0.2) is 4.39 Å². The van der Waals surface area contributed by atoms with E-state index in [4.69, 9.17) is 11.6 Å². The van der Waals surface area contributed by atoms with Gasteiger partial charge in [0.05, 0.1) is 0 Å². The number of anilines is 2. The average Bonchev–Trinajstić information content (AvgIpc) is 2.20. The lowest BCUT2D eigenvalue weighted by Crippen LogP contribution is -2.20. The molecule has 0 saturated carbocycles. The topological polar surface area (TPSA) is 32.3 Å². The normalized spacial score (nSPS) is 12.1. The number of alkyl halides is 2. The highest BCUT2D eigenvalue weighted by Gasteiger charge is 2.14. The van der Waals surface area contributed by atoms with Crippen LogP contribution in [-0.2, 0) is 4.79 Å². The van der Waals surface area contributed by atoms with Crippen molar-refractivity contribution in [3.63, 3.8) is 0 Å². The number of hydrogen-bond donors (Lipinski definition) is 1. The maximum atomic E-state index is 12.5. The molecule has 1 amide bonds. The van der Waals surface area contributed by atoms with Crippen LogP contribution in [0.5, 0.6) is 0 Å². The van der Waals surface area contributed by atoms with E-state index < -0.39 is 11.5 Å². The quantitative estimate of drug-likeness (QED) is 0.829. The van der Waals surface area contributed by atoms with Crippen molar-refractivity contribution in [1.29, 1.82) is 0 Å². The molecule has 0 heterocycles. The van der Waals surface area contributed by atoms with Gasteiger partial charge >= 0.3 is 0 Å². The third-order valence-electron chi connectivity index (χ3n) is 2.18. The van der Waals surface area contributed by atoms with E-state index in [1.807, 2.05) is 38.1 Å². The molecular formula is C11H14ClFN2O. The lowest BCUT2D eigenvalue weighted by atomic mass is 10.1. The van der Waals surface area contributed by atoms with Crippen molar-refractivity contribution >= 4 is 28.9 Å². The van der Waals surface area contributed by atoms with Gasteiger partial charge in [0.15, 0.2) is 0 Å². The lowest BCUT2D eigenvalue weighted by Gasteiger charge is -2.15. The average molecular weight is 245 g/mol. The third-order valence-corrected chi connectivity index (χ3v) is 2.38. The summed E-state index contributed by atoms with van der Waals surface area (Å²) in [6.45, 7) is 1.84. The lowest BCUT2D eigenvalue weighted by molar-refractivity contribution is -0.118. The Morgan fingerprint density at radius 3 is 2.56 bits per heavy atom. The Labute approximate surface area is 99.2 Å². The first-order valence-electron chi connectivity index (χ1n) is 4.79. The van der Waals surface area contributed by atoms with Crippen LogP contribution in [0.15, 0.2) is 18.2 Å². The van der Waals surface area contributed by atoms with E-state index in [1.165, 1.54) is 0 Å². The molecule has 1 atom stereocenters. The van der Waals surface area contributed by atoms with Crippen LogP contribution < -0.4 is 10.2 Å². The second-order valence-corrected chi connectivity index (χ2v) is 4.07. The van der Waals surface area contributed by atoms with Crippen LogP contribution >= 0.6 is 11.6 Å². The fraction of sp³-hybridized carbons (Fsp3) is 0.364. The van der Waals surface area contributed by atoms with Gasteiger partial charge in [-0.3, -0.25) is 4.79 Å². The molecule has 1 N–H and O–H groups in total. The van der Waals surface area contributed by atoms with Crippen LogP contribution in [0.1, 0.15) is 5.56 Å². The molecule has 0 fully saturated rings. The van der Waals surface area contributed by atoms with Gasteiger partial charge in [0, 0.05) is 25.5 Å². The molecule has 1 rings (SSSR count).